The molecule has 21 aromatic rings. The molecule has 0 aliphatic rings. The third-order valence-electron chi connectivity index (χ3n) is 24.1. The molecule has 0 aliphatic carbocycles. The second kappa shape index (κ2) is 39.5. The Morgan fingerprint density at radius 1 is 0.0606 bits per heavy atom. The van der Waals surface area contributed by atoms with E-state index in [2.05, 4.69) is 600 Å². The van der Waals surface area contributed by atoms with Crippen molar-refractivity contribution >= 4 is 102 Å². The van der Waals surface area contributed by atoms with E-state index in [-0.39, 0.29) is 0 Å². The lowest BCUT2D eigenvalue weighted by Gasteiger charge is -2.27. The van der Waals surface area contributed by atoms with Crippen molar-refractivity contribution in [1.29, 1.82) is 0 Å². The summed E-state index contributed by atoms with van der Waals surface area (Å²) in [5.74, 6) is 0. The van der Waals surface area contributed by atoms with Gasteiger partial charge in [-0.25, -0.2) is 0 Å². The van der Waals surface area contributed by atoms with E-state index >= 15 is 0 Å². The van der Waals surface area contributed by atoms with Crippen LogP contribution in [-0.4, -0.2) is 0 Å². The minimum absolute atomic E-state index is 1.08. The van der Waals surface area contributed by atoms with Gasteiger partial charge < -0.3 is 29.4 Å². The molecule has 0 saturated carbocycles. The molecular formula is C126H94N6. The summed E-state index contributed by atoms with van der Waals surface area (Å²) in [6.45, 7) is 0. The SMILES string of the molecule is c1ccc(-c2ccc(N(c3ccc(-c4ccc(N(c5ccccc5)c5ccccc5)cc4)cc3)c3ccc(-c4ccc(N(c5ccccc5)c5ccccc5)cc4)cc3)cc2)cc1.c1ccc(N(c2ccccc2)c2ccc(-c3ccc(-c4ccc(N(c5ccccc5)c5ccc(-c6ccc(-c7ccc(N(c8ccccc8)c8ccccc8)cc7)cc6)cc5)cc4)cc3)cc2)cc1. The molecule has 0 atom stereocenters. The lowest BCUT2D eigenvalue weighted by atomic mass is 9.99. The van der Waals surface area contributed by atoms with Gasteiger partial charge in [0.25, 0.3) is 0 Å². The van der Waals surface area contributed by atoms with E-state index in [0.717, 1.165) is 125 Å². The minimum atomic E-state index is 1.08. The average molecular weight is 1690 g/mol. The molecule has 0 N–H and O–H groups in total. The van der Waals surface area contributed by atoms with Crippen LogP contribution < -0.4 is 29.4 Å². The van der Waals surface area contributed by atoms with E-state index < -0.39 is 0 Å². The standard InChI is InChI=1S/C66H49N3.C60H45N3/c1-6-16-58(17-7-1)67(59-18-8-2-9-19-59)63-42-34-54(35-43-63)50-26-30-52(31-27-50)56-38-46-65(47-39-56)69(62-24-14-5-15-25-62)66-48-40-57(41-49-66)53-32-28-51(29-33-53)55-36-44-64(45-37-55)68(60-20-10-3-11-21-60)61-22-12-4-13-23-61;1-6-16-46(17-7-1)47-26-36-58(37-27-47)63(59-42-32-50(33-43-59)48-28-38-56(39-29-48)61(52-18-8-2-9-19-52)53-20-10-3-11-21-53)60-44-34-51(35-45-60)49-30-40-57(41-31-49)62(54-22-12-4-13-23-54)55-24-14-5-15-25-55/h1-49H;1-45H. The monoisotopic (exact) mass is 1690 g/mol. The van der Waals surface area contributed by atoms with Gasteiger partial charge in [0, 0.05) is 102 Å². The van der Waals surface area contributed by atoms with Gasteiger partial charge in [-0.1, -0.05) is 352 Å². The van der Waals surface area contributed by atoms with Gasteiger partial charge in [-0.3, -0.25) is 0 Å². The normalized spacial score (nSPS) is 10.9. The number of hydrogen-bond donors (Lipinski definition) is 0. The fourth-order valence-electron chi connectivity index (χ4n) is 17.4. The minimum Gasteiger partial charge on any atom is -0.311 e. The molecule has 21 aromatic carbocycles. The molecule has 0 aliphatic heterocycles. The molecule has 0 fully saturated rings. The van der Waals surface area contributed by atoms with E-state index in [4.69, 9.17) is 0 Å². The van der Waals surface area contributed by atoms with E-state index in [1.54, 1.807) is 0 Å². The van der Waals surface area contributed by atoms with Crippen LogP contribution in [0.15, 0.2) is 570 Å². The molecule has 6 heteroatoms. The Bertz CT molecular complexity index is 6670. The summed E-state index contributed by atoms with van der Waals surface area (Å²) >= 11 is 0. The molecule has 0 heterocycles. The summed E-state index contributed by atoms with van der Waals surface area (Å²) in [4.78, 5) is 13.8. The molecule has 0 radical (unpaired) electrons. The molecule has 0 bridgehead atoms. The summed E-state index contributed by atoms with van der Waals surface area (Å²) in [7, 11) is 0. The zero-order valence-corrected chi connectivity index (χ0v) is 73.0. The topological polar surface area (TPSA) is 19.4 Å². The fourth-order valence-corrected chi connectivity index (χ4v) is 17.4. The van der Waals surface area contributed by atoms with Crippen LogP contribution in [0.1, 0.15) is 0 Å². The first-order valence-electron chi connectivity index (χ1n) is 44.9. The summed E-state index contributed by atoms with van der Waals surface area (Å²) < 4.78 is 0. The zero-order chi connectivity index (χ0) is 88.4. The van der Waals surface area contributed by atoms with Gasteiger partial charge in [0.2, 0.25) is 0 Å². The molecule has 0 saturated heterocycles. The molecule has 628 valence electrons. The van der Waals surface area contributed by atoms with E-state index in [0.29, 0.717) is 0 Å². The van der Waals surface area contributed by atoms with E-state index in [9.17, 15) is 0 Å². The Morgan fingerprint density at radius 2 is 0.129 bits per heavy atom. The Labute approximate surface area is 774 Å². The van der Waals surface area contributed by atoms with Crippen molar-refractivity contribution in [2.45, 2.75) is 0 Å². The van der Waals surface area contributed by atoms with Gasteiger partial charge >= 0.3 is 0 Å². The third kappa shape index (κ3) is 18.8. The second-order valence-electron chi connectivity index (χ2n) is 32.5. The van der Waals surface area contributed by atoms with Gasteiger partial charge in [-0.15, -0.1) is 0 Å². The van der Waals surface area contributed by atoms with Crippen LogP contribution >= 0.6 is 0 Å². The second-order valence-corrected chi connectivity index (χ2v) is 32.5. The smallest absolute Gasteiger partial charge is 0.0462 e. The molecule has 21 rings (SSSR count). The largest absolute Gasteiger partial charge is 0.311 e. The molecule has 132 heavy (non-hydrogen) atoms. The lowest BCUT2D eigenvalue weighted by molar-refractivity contribution is 1.28. The molecule has 0 amide bonds. The van der Waals surface area contributed by atoms with Crippen LogP contribution in [0.3, 0.4) is 0 Å². The number of nitrogens with zero attached hydrogens (tertiary/aromatic N) is 6. The highest BCUT2D eigenvalue weighted by Gasteiger charge is 2.21. The van der Waals surface area contributed by atoms with Gasteiger partial charge in [0.1, 0.15) is 0 Å². The maximum Gasteiger partial charge on any atom is 0.0462 e. The summed E-state index contributed by atoms with van der Waals surface area (Å²) in [5.41, 5.74) is 36.5. The van der Waals surface area contributed by atoms with Gasteiger partial charge in [-0.2, -0.15) is 0 Å². The number of benzene rings is 21. The van der Waals surface area contributed by atoms with Crippen molar-refractivity contribution in [2.75, 3.05) is 29.4 Å². The first kappa shape index (κ1) is 82.7. The van der Waals surface area contributed by atoms with Gasteiger partial charge in [0.15, 0.2) is 0 Å². The summed E-state index contributed by atoms with van der Waals surface area (Å²) in [6.07, 6.45) is 0. The number of hydrogen-bond acceptors (Lipinski definition) is 6. The predicted molar refractivity (Wildman–Crippen MR) is 559 cm³/mol. The first-order valence-corrected chi connectivity index (χ1v) is 44.9. The zero-order valence-electron chi connectivity index (χ0n) is 73.0. The van der Waals surface area contributed by atoms with Crippen LogP contribution in [0.5, 0.6) is 0 Å². The van der Waals surface area contributed by atoms with Crippen LogP contribution in [0.2, 0.25) is 0 Å². The highest BCUT2D eigenvalue weighted by atomic mass is 15.2. The number of rotatable bonds is 25. The molecule has 0 spiro atoms. The molecule has 6 nitrogen and oxygen atoms in total. The first-order chi connectivity index (χ1) is 65.5. The van der Waals surface area contributed by atoms with Crippen molar-refractivity contribution in [3.63, 3.8) is 0 Å². The van der Waals surface area contributed by atoms with E-state index in [1.165, 1.54) is 55.6 Å². The number of para-hydroxylation sites is 9. The average Bonchev–Trinajstić information content (AvgIpc) is 0.771. The molecule has 0 aromatic heterocycles. The lowest BCUT2D eigenvalue weighted by Crippen LogP contribution is -2.10. The van der Waals surface area contributed by atoms with Crippen molar-refractivity contribution in [3.05, 3.63) is 570 Å². The van der Waals surface area contributed by atoms with Crippen LogP contribution in [0.25, 0.3) is 77.9 Å². The Morgan fingerprint density at radius 3 is 0.227 bits per heavy atom. The summed E-state index contributed by atoms with van der Waals surface area (Å²) in [5, 5.41) is 0. The maximum atomic E-state index is 2.34. The Kier molecular flexibility index (Phi) is 24.8. The third-order valence-corrected chi connectivity index (χ3v) is 24.1. The molecular weight excluding hydrogens is 1600 g/mol. The highest BCUT2D eigenvalue weighted by Crippen LogP contribution is 2.45. The van der Waals surface area contributed by atoms with Crippen molar-refractivity contribution in [3.8, 4) is 77.9 Å². The van der Waals surface area contributed by atoms with Crippen LogP contribution in [-0.2, 0) is 0 Å². The quantitative estimate of drug-likeness (QED) is 0.0564. The van der Waals surface area contributed by atoms with Crippen molar-refractivity contribution < 1.29 is 0 Å². The Hall–Kier alpha value is -17.6. The van der Waals surface area contributed by atoms with Crippen molar-refractivity contribution in [1.82, 2.24) is 0 Å². The van der Waals surface area contributed by atoms with Gasteiger partial charge in [-0.05, 0) is 296 Å². The van der Waals surface area contributed by atoms with Crippen LogP contribution in [0, 0.1) is 0 Å². The highest BCUT2D eigenvalue weighted by molar-refractivity contribution is 5.88. The van der Waals surface area contributed by atoms with Crippen LogP contribution in [0.4, 0.5) is 102 Å². The molecule has 0 unspecified atom stereocenters. The van der Waals surface area contributed by atoms with Crippen molar-refractivity contribution in [2.24, 2.45) is 0 Å². The number of anilines is 18. The maximum absolute atomic E-state index is 2.34. The predicted octanol–water partition coefficient (Wildman–Crippen LogP) is 35.9. The Balaban J connectivity index is 0.000000165. The van der Waals surface area contributed by atoms with Gasteiger partial charge in [0.05, 0.1) is 0 Å². The fraction of sp³-hybridized carbons (Fsp3) is 0. The van der Waals surface area contributed by atoms with E-state index in [1.807, 2.05) is 0 Å². The summed E-state index contributed by atoms with van der Waals surface area (Å²) in [6, 6.07) is 203.